The van der Waals surface area contributed by atoms with Gasteiger partial charge in [-0.15, -0.1) is 0 Å². The normalized spacial score (nSPS) is 17.1. The minimum Gasteiger partial charge on any atom is -0.479 e. The van der Waals surface area contributed by atoms with E-state index in [1.54, 1.807) is 7.11 Å². The molecule has 1 fully saturated rings. The summed E-state index contributed by atoms with van der Waals surface area (Å²) in [4.78, 5) is 11.6. The zero-order valence-electron chi connectivity index (χ0n) is 11.4. The van der Waals surface area contributed by atoms with Gasteiger partial charge in [0, 0.05) is 6.54 Å². The number of hydrogen-bond acceptors (Lipinski definition) is 4. The minimum atomic E-state index is 0.380. The van der Waals surface area contributed by atoms with Gasteiger partial charge >= 0.3 is 0 Å². The first-order valence-electron chi connectivity index (χ1n) is 6.55. The van der Waals surface area contributed by atoms with E-state index >= 15 is 0 Å². The summed E-state index contributed by atoms with van der Waals surface area (Å²) < 4.78 is 8.03. The van der Waals surface area contributed by atoms with Crippen molar-refractivity contribution in [2.45, 2.75) is 33.2 Å². The molecule has 6 heteroatoms. The number of aromatic amines is 1. The van der Waals surface area contributed by atoms with Crippen LogP contribution in [0.3, 0.4) is 0 Å². The SMILES string of the molecule is COc1ncnc2c1[nH]c(=S)n2CC1(C(C)C)CC1. The van der Waals surface area contributed by atoms with Crippen molar-refractivity contribution in [1.82, 2.24) is 19.5 Å². The van der Waals surface area contributed by atoms with Gasteiger partial charge < -0.3 is 14.3 Å². The van der Waals surface area contributed by atoms with Gasteiger partial charge in [0.2, 0.25) is 5.88 Å². The van der Waals surface area contributed by atoms with Crippen LogP contribution in [-0.4, -0.2) is 26.6 Å². The van der Waals surface area contributed by atoms with Crippen molar-refractivity contribution in [2.75, 3.05) is 7.11 Å². The van der Waals surface area contributed by atoms with Crippen LogP contribution in [0.1, 0.15) is 26.7 Å². The average Bonchev–Trinajstić information content (AvgIpc) is 3.11. The van der Waals surface area contributed by atoms with Gasteiger partial charge in [-0.25, -0.2) is 4.98 Å². The van der Waals surface area contributed by atoms with Gasteiger partial charge in [0.05, 0.1) is 7.11 Å². The highest BCUT2D eigenvalue weighted by Crippen LogP contribution is 2.53. The summed E-state index contributed by atoms with van der Waals surface area (Å²) in [5.74, 6) is 1.20. The number of hydrogen-bond donors (Lipinski definition) is 1. The molecule has 0 saturated heterocycles. The molecule has 0 atom stereocenters. The summed E-state index contributed by atoms with van der Waals surface area (Å²) in [6.45, 7) is 5.48. The van der Waals surface area contributed by atoms with Crippen molar-refractivity contribution < 1.29 is 4.74 Å². The molecule has 1 aliphatic rings. The second-order valence-corrected chi connectivity index (χ2v) is 6.00. The molecule has 1 N–H and O–H groups in total. The molecule has 2 aromatic rings. The van der Waals surface area contributed by atoms with Crippen LogP contribution in [0.15, 0.2) is 6.33 Å². The number of imidazole rings is 1. The molecule has 1 aliphatic carbocycles. The smallest absolute Gasteiger partial charge is 0.242 e. The lowest BCUT2D eigenvalue weighted by molar-refractivity contribution is 0.310. The number of fused-ring (bicyclic) bond motifs is 1. The molecule has 102 valence electrons. The van der Waals surface area contributed by atoms with Gasteiger partial charge in [0.15, 0.2) is 10.4 Å². The first-order chi connectivity index (χ1) is 9.07. The van der Waals surface area contributed by atoms with Crippen molar-refractivity contribution in [3.05, 3.63) is 11.1 Å². The molecular formula is C13H18N4OS. The molecule has 0 unspecified atom stereocenters. The molecule has 3 rings (SSSR count). The Labute approximate surface area is 117 Å². The van der Waals surface area contributed by atoms with E-state index < -0.39 is 0 Å². The maximum atomic E-state index is 5.43. The van der Waals surface area contributed by atoms with Gasteiger partial charge in [-0.05, 0) is 36.4 Å². The molecule has 0 amide bonds. The summed E-state index contributed by atoms with van der Waals surface area (Å²) in [6, 6.07) is 0. The van der Waals surface area contributed by atoms with Crippen LogP contribution in [0, 0.1) is 16.1 Å². The van der Waals surface area contributed by atoms with Crippen molar-refractivity contribution in [1.29, 1.82) is 0 Å². The summed E-state index contributed by atoms with van der Waals surface area (Å²) in [7, 11) is 1.60. The quantitative estimate of drug-likeness (QED) is 0.874. The van der Waals surface area contributed by atoms with Crippen LogP contribution < -0.4 is 4.74 Å². The molecule has 2 aromatic heterocycles. The van der Waals surface area contributed by atoms with E-state index in [0.717, 1.165) is 17.7 Å². The van der Waals surface area contributed by atoms with E-state index in [1.807, 2.05) is 0 Å². The molecule has 0 radical (unpaired) electrons. The van der Waals surface area contributed by atoms with Gasteiger partial charge in [0.25, 0.3) is 0 Å². The van der Waals surface area contributed by atoms with Crippen LogP contribution >= 0.6 is 12.2 Å². The Balaban J connectivity index is 2.09. The highest BCUT2D eigenvalue weighted by Gasteiger charge is 2.45. The second-order valence-electron chi connectivity index (χ2n) is 5.61. The zero-order chi connectivity index (χ0) is 13.6. The van der Waals surface area contributed by atoms with Crippen molar-refractivity contribution in [3.8, 4) is 5.88 Å². The predicted molar refractivity (Wildman–Crippen MR) is 75.8 cm³/mol. The molecule has 19 heavy (non-hydrogen) atoms. The largest absolute Gasteiger partial charge is 0.479 e. The second kappa shape index (κ2) is 4.30. The van der Waals surface area contributed by atoms with E-state index in [0.29, 0.717) is 22.0 Å². The lowest BCUT2D eigenvalue weighted by Crippen LogP contribution is -2.18. The van der Waals surface area contributed by atoms with Crippen molar-refractivity contribution >= 4 is 23.4 Å². The fraction of sp³-hybridized carbons (Fsp3) is 0.615. The third-order valence-electron chi connectivity index (χ3n) is 4.31. The van der Waals surface area contributed by atoms with E-state index in [9.17, 15) is 0 Å². The van der Waals surface area contributed by atoms with Crippen LogP contribution in [0.2, 0.25) is 0 Å². The van der Waals surface area contributed by atoms with Crippen LogP contribution in [0.5, 0.6) is 5.88 Å². The Bertz CT molecular complexity index is 669. The monoisotopic (exact) mass is 278 g/mol. The van der Waals surface area contributed by atoms with E-state index in [-0.39, 0.29) is 0 Å². The standard InChI is InChI=1S/C13H18N4OS/c1-8(2)13(4-5-13)6-17-10-9(16-12(17)19)11(18-3)15-7-14-10/h7-8H,4-6H2,1-3H3,(H,16,19). The minimum absolute atomic E-state index is 0.380. The van der Waals surface area contributed by atoms with Crippen molar-refractivity contribution in [3.63, 3.8) is 0 Å². The third kappa shape index (κ3) is 1.94. The summed E-state index contributed by atoms with van der Waals surface area (Å²) in [5, 5.41) is 0. The fourth-order valence-electron chi connectivity index (χ4n) is 2.64. The first-order valence-corrected chi connectivity index (χ1v) is 6.96. The molecule has 5 nitrogen and oxygen atoms in total. The Morgan fingerprint density at radius 2 is 2.21 bits per heavy atom. The molecule has 2 heterocycles. The van der Waals surface area contributed by atoms with Crippen LogP contribution in [-0.2, 0) is 6.54 Å². The maximum Gasteiger partial charge on any atom is 0.242 e. The van der Waals surface area contributed by atoms with Crippen LogP contribution in [0.4, 0.5) is 0 Å². The van der Waals surface area contributed by atoms with E-state index in [2.05, 4.69) is 33.4 Å². The number of aromatic nitrogens is 4. The summed E-state index contributed by atoms with van der Waals surface area (Å²) >= 11 is 5.43. The van der Waals surface area contributed by atoms with Gasteiger partial charge in [-0.1, -0.05) is 13.8 Å². The molecule has 0 spiro atoms. The van der Waals surface area contributed by atoms with E-state index in [1.165, 1.54) is 19.2 Å². The van der Waals surface area contributed by atoms with Crippen LogP contribution in [0.25, 0.3) is 11.2 Å². The molecule has 1 saturated carbocycles. The third-order valence-corrected chi connectivity index (χ3v) is 4.63. The number of H-pyrrole nitrogens is 1. The Hall–Kier alpha value is -1.43. The molecule has 0 aromatic carbocycles. The number of methoxy groups -OCH3 is 1. The number of ether oxygens (including phenoxy) is 1. The lowest BCUT2D eigenvalue weighted by Gasteiger charge is -2.20. The first kappa shape index (κ1) is 12.6. The van der Waals surface area contributed by atoms with Gasteiger partial charge in [0.1, 0.15) is 11.8 Å². The average molecular weight is 278 g/mol. The maximum absolute atomic E-state index is 5.43. The van der Waals surface area contributed by atoms with E-state index in [4.69, 9.17) is 17.0 Å². The highest BCUT2D eigenvalue weighted by molar-refractivity contribution is 7.71. The Kier molecular flexibility index (Phi) is 2.85. The van der Waals surface area contributed by atoms with Gasteiger partial charge in [-0.3, -0.25) is 0 Å². The Morgan fingerprint density at radius 3 is 2.79 bits per heavy atom. The number of nitrogens with one attached hydrogen (secondary N) is 1. The predicted octanol–water partition coefficient (Wildman–Crippen LogP) is 2.93. The number of nitrogens with zero attached hydrogens (tertiary/aromatic N) is 3. The lowest BCUT2D eigenvalue weighted by atomic mass is 9.92. The van der Waals surface area contributed by atoms with Gasteiger partial charge in [-0.2, -0.15) is 4.98 Å². The zero-order valence-corrected chi connectivity index (χ0v) is 12.3. The topological polar surface area (TPSA) is 55.7 Å². The molecule has 0 aliphatic heterocycles. The summed E-state index contributed by atoms with van der Waals surface area (Å²) in [6.07, 6.45) is 4.05. The molecule has 0 bridgehead atoms. The number of rotatable bonds is 4. The summed E-state index contributed by atoms with van der Waals surface area (Å²) in [5.41, 5.74) is 2.00. The fourth-order valence-corrected chi connectivity index (χ4v) is 2.89. The van der Waals surface area contributed by atoms with Crippen molar-refractivity contribution in [2.24, 2.45) is 11.3 Å². The highest BCUT2D eigenvalue weighted by atomic mass is 32.1. The molecular weight excluding hydrogens is 260 g/mol. The Morgan fingerprint density at radius 1 is 1.47 bits per heavy atom.